The first-order chi connectivity index (χ1) is 6.66. The van der Waals surface area contributed by atoms with Gasteiger partial charge in [0.15, 0.2) is 0 Å². The molecule has 1 aliphatic heterocycles. The van der Waals surface area contributed by atoms with Crippen LogP contribution in [-0.2, 0) is 4.79 Å². The molecule has 74 valence electrons. The zero-order valence-corrected chi connectivity index (χ0v) is 7.37. The van der Waals surface area contributed by atoms with Crippen LogP contribution in [0.1, 0.15) is 17.9 Å². The van der Waals surface area contributed by atoms with Crippen molar-refractivity contribution in [2.45, 2.75) is 12.3 Å². The Labute approximate surface area is 80.1 Å². The number of halogens is 1. The highest BCUT2D eigenvalue weighted by Gasteiger charge is 2.26. The highest BCUT2D eigenvalue weighted by atomic mass is 19.1. The number of rotatable bonds is 2. The average Bonchev–Trinajstić information content (AvgIpc) is 2.47. The van der Waals surface area contributed by atoms with Crippen LogP contribution in [0.5, 0.6) is 5.75 Å². The quantitative estimate of drug-likeness (QED) is 0.784. The summed E-state index contributed by atoms with van der Waals surface area (Å²) in [6.07, 6.45) is 0.0264. The molecule has 14 heavy (non-hydrogen) atoms. The fourth-order valence-corrected chi connectivity index (χ4v) is 1.63. The number of aliphatic carboxylic acids is 1. The molecule has 0 saturated carbocycles. The van der Waals surface area contributed by atoms with E-state index in [1.165, 1.54) is 12.1 Å². The van der Waals surface area contributed by atoms with Crippen LogP contribution in [-0.4, -0.2) is 17.7 Å². The second kappa shape index (κ2) is 3.29. The molecule has 0 saturated heterocycles. The molecule has 1 aliphatic rings. The van der Waals surface area contributed by atoms with E-state index < -0.39 is 5.97 Å². The van der Waals surface area contributed by atoms with Gasteiger partial charge in [0.1, 0.15) is 11.6 Å². The van der Waals surface area contributed by atoms with Crippen LogP contribution >= 0.6 is 0 Å². The molecule has 0 aromatic heterocycles. The molecule has 0 aliphatic carbocycles. The van der Waals surface area contributed by atoms with Gasteiger partial charge in [-0.2, -0.15) is 0 Å². The van der Waals surface area contributed by atoms with Gasteiger partial charge in [0.2, 0.25) is 0 Å². The largest absolute Gasteiger partial charge is 0.493 e. The molecule has 0 radical (unpaired) electrons. The zero-order chi connectivity index (χ0) is 10.1. The van der Waals surface area contributed by atoms with Gasteiger partial charge < -0.3 is 9.84 Å². The van der Waals surface area contributed by atoms with E-state index in [2.05, 4.69) is 0 Å². The molecular weight excluding hydrogens is 187 g/mol. The Balaban J connectivity index is 2.26. The number of hydrogen-bond acceptors (Lipinski definition) is 2. The maximum Gasteiger partial charge on any atom is 0.304 e. The van der Waals surface area contributed by atoms with Crippen molar-refractivity contribution in [3.8, 4) is 5.75 Å². The standard InChI is InChI=1S/C10H9FO3/c11-7-1-2-8-6(3-10(12)13)5-14-9(8)4-7/h1-2,4,6H,3,5H2,(H,12,13)/t6-/m1/s1. The third-order valence-electron chi connectivity index (χ3n) is 2.28. The average molecular weight is 196 g/mol. The smallest absolute Gasteiger partial charge is 0.304 e. The summed E-state index contributed by atoms with van der Waals surface area (Å²) in [7, 11) is 0. The van der Waals surface area contributed by atoms with Gasteiger partial charge in [-0.3, -0.25) is 4.79 Å². The Morgan fingerprint density at radius 2 is 2.43 bits per heavy atom. The molecule has 0 unspecified atom stereocenters. The van der Waals surface area contributed by atoms with Crippen LogP contribution in [0.4, 0.5) is 4.39 Å². The van der Waals surface area contributed by atoms with Crippen molar-refractivity contribution in [1.29, 1.82) is 0 Å². The summed E-state index contributed by atoms with van der Waals surface area (Å²) in [6, 6.07) is 4.20. The van der Waals surface area contributed by atoms with Gasteiger partial charge >= 0.3 is 5.97 Å². The molecule has 3 nitrogen and oxygen atoms in total. The SMILES string of the molecule is O=C(O)C[C@@H]1COc2cc(F)ccc21. The Morgan fingerprint density at radius 3 is 3.14 bits per heavy atom. The first-order valence-corrected chi connectivity index (χ1v) is 4.31. The Hall–Kier alpha value is -1.58. The number of benzene rings is 1. The van der Waals surface area contributed by atoms with Crippen molar-refractivity contribution < 1.29 is 19.0 Å². The van der Waals surface area contributed by atoms with Crippen molar-refractivity contribution in [3.05, 3.63) is 29.6 Å². The first-order valence-electron chi connectivity index (χ1n) is 4.31. The molecule has 2 rings (SSSR count). The van der Waals surface area contributed by atoms with Crippen molar-refractivity contribution in [3.63, 3.8) is 0 Å². The molecule has 0 bridgehead atoms. The summed E-state index contributed by atoms with van der Waals surface area (Å²) in [5.74, 6) is -0.908. The van der Waals surface area contributed by atoms with E-state index in [9.17, 15) is 9.18 Å². The molecular formula is C10H9FO3. The van der Waals surface area contributed by atoms with Crippen molar-refractivity contribution >= 4 is 5.97 Å². The Morgan fingerprint density at radius 1 is 1.64 bits per heavy atom. The van der Waals surface area contributed by atoms with E-state index in [0.717, 1.165) is 5.56 Å². The van der Waals surface area contributed by atoms with Gasteiger partial charge in [-0.25, -0.2) is 4.39 Å². The zero-order valence-electron chi connectivity index (χ0n) is 7.37. The predicted molar refractivity (Wildman–Crippen MR) is 46.9 cm³/mol. The van der Waals surface area contributed by atoms with Crippen LogP contribution in [0.15, 0.2) is 18.2 Å². The van der Waals surface area contributed by atoms with Crippen molar-refractivity contribution in [1.82, 2.24) is 0 Å². The fourth-order valence-electron chi connectivity index (χ4n) is 1.63. The van der Waals surface area contributed by atoms with Gasteiger partial charge in [0.25, 0.3) is 0 Å². The lowest BCUT2D eigenvalue weighted by molar-refractivity contribution is -0.137. The van der Waals surface area contributed by atoms with E-state index in [1.807, 2.05) is 0 Å². The van der Waals surface area contributed by atoms with Gasteiger partial charge in [-0.1, -0.05) is 6.07 Å². The molecule has 0 amide bonds. The highest BCUT2D eigenvalue weighted by molar-refractivity contribution is 5.68. The summed E-state index contributed by atoms with van der Waals surface area (Å²) < 4.78 is 17.9. The second-order valence-electron chi connectivity index (χ2n) is 3.29. The van der Waals surface area contributed by atoms with E-state index in [1.54, 1.807) is 6.07 Å². The molecule has 1 heterocycles. The molecule has 1 aromatic rings. The lowest BCUT2D eigenvalue weighted by Crippen LogP contribution is -2.07. The lowest BCUT2D eigenvalue weighted by atomic mass is 9.98. The fraction of sp³-hybridized carbons (Fsp3) is 0.300. The number of ether oxygens (including phenoxy) is 1. The third-order valence-corrected chi connectivity index (χ3v) is 2.28. The van der Waals surface area contributed by atoms with Crippen LogP contribution in [0.25, 0.3) is 0 Å². The Kier molecular flexibility index (Phi) is 2.11. The summed E-state index contributed by atoms with van der Waals surface area (Å²) in [6.45, 7) is 0.324. The molecule has 0 fully saturated rings. The predicted octanol–water partition coefficient (Wildman–Crippen LogP) is 1.78. The number of hydrogen-bond donors (Lipinski definition) is 1. The van der Waals surface area contributed by atoms with Gasteiger partial charge in [0, 0.05) is 17.5 Å². The van der Waals surface area contributed by atoms with Gasteiger partial charge in [-0.15, -0.1) is 0 Å². The molecule has 1 atom stereocenters. The first kappa shape index (κ1) is 8.99. The summed E-state index contributed by atoms with van der Waals surface area (Å²) >= 11 is 0. The summed E-state index contributed by atoms with van der Waals surface area (Å²) in [5, 5.41) is 8.62. The topological polar surface area (TPSA) is 46.5 Å². The molecule has 4 heteroatoms. The van der Waals surface area contributed by atoms with E-state index in [-0.39, 0.29) is 18.2 Å². The minimum Gasteiger partial charge on any atom is -0.493 e. The minimum absolute atomic E-state index is 0.0264. The minimum atomic E-state index is -0.865. The van der Waals surface area contributed by atoms with E-state index in [4.69, 9.17) is 9.84 Å². The molecule has 1 aromatic carbocycles. The third kappa shape index (κ3) is 1.55. The second-order valence-corrected chi connectivity index (χ2v) is 3.29. The summed E-state index contributed by atoms with van der Waals surface area (Å²) in [4.78, 5) is 10.5. The molecule has 0 spiro atoms. The maximum absolute atomic E-state index is 12.8. The van der Waals surface area contributed by atoms with E-state index in [0.29, 0.717) is 12.4 Å². The monoisotopic (exact) mass is 196 g/mol. The Bertz CT molecular complexity index is 376. The lowest BCUT2D eigenvalue weighted by Gasteiger charge is -2.03. The van der Waals surface area contributed by atoms with Crippen LogP contribution in [0, 0.1) is 5.82 Å². The summed E-state index contributed by atoms with van der Waals surface area (Å²) in [5.41, 5.74) is 0.786. The number of carbonyl (C=O) groups is 1. The molecule has 1 N–H and O–H groups in total. The van der Waals surface area contributed by atoms with Crippen molar-refractivity contribution in [2.24, 2.45) is 0 Å². The number of carboxylic acids is 1. The normalized spacial score (nSPS) is 18.8. The number of fused-ring (bicyclic) bond motifs is 1. The van der Waals surface area contributed by atoms with Crippen LogP contribution < -0.4 is 4.74 Å². The van der Waals surface area contributed by atoms with Crippen LogP contribution in [0.3, 0.4) is 0 Å². The maximum atomic E-state index is 12.8. The van der Waals surface area contributed by atoms with Crippen LogP contribution in [0.2, 0.25) is 0 Å². The number of carboxylic acid groups (broad SMARTS) is 1. The van der Waals surface area contributed by atoms with E-state index >= 15 is 0 Å². The van der Waals surface area contributed by atoms with Gasteiger partial charge in [-0.05, 0) is 6.07 Å². The van der Waals surface area contributed by atoms with Gasteiger partial charge in [0.05, 0.1) is 13.0 Å². The highest BCUT2D eigenvalue weighted by Crippen LogP contribution is 2.35. The van der Waals surface area contributed by atoms with Crippen molar-refractivity contribution in [2.75, 3.05) is 6.61 Å².